The average molecular weight is 102 g/mol. The van der Waals surface area contributed by atoms with Crippen LogP contribution in [0.5, 0.6) is 0 Å². The minimum Gasteiger partial charge on any atom is -0.213 e. The molecule has 0 saturated heterocycles. The van der Waals surface area contributed by atoms with E-state index in [1.807, 2.05) is 0 Å². The zero-order chi connectivity index (χ0) is 4.41. The molecule has 0 radical (unpaired) electrons. The molecule has 0 heterocycles. The molecule has 34 valence electrons. The van der Waals surface area contributed by atoms with Crippen molar-refractivity contribution < 1.29 is 4.21 Å². The van der Waals surface area contributed by atoms with Crippen LogP contribution >= 0.6 is 0 Å². The van der Waals surface area contributed by atoms with E-state index in [1.54, 1.807) is 5.37 Å². The Hall–Kier alpha value is -0.110. The quantitative estimate of drug-likeness (QED) is 0.438. The molecule has 0 aromatic heterocycles. The van der Waals surface area contributed by atoms with Crippen molar-refractivity contribution in [2.45, 2.75) is 12.8 Å². The summed E-state index contributed by atoms with van der Waals surface area (Å²) in [5, 5.41) is 1.76. The van der Waals surface area contributed by atoms with Crippen LogP contribution in [0, 0.1) is 5.92 Å². The van der Waals surface area contributed by atoms with Crippen molar-refractivity contribution in [3.05, 3.63) is 0 Å². The van der Waals surface area contributed by atoms with Crippen LogP contribution in [0.1, 0.15) is 12.8 Å². The third kappa shape index (κ3) is 0.937. The van der Waals surface area contributed by atoms with Gasteiger partial charge in [0.2, 0.25) is 0 Å². The summed E-state index contributed by atoms with van der Waals surface area (Å²) in [4.78, 5) is 0. The van der Waals surface area contributed by atoms with Gasteiger partial charge in [-0.15, -0.1) is 0 Å². The number of hydrogen-bond donors (Lipinski definition) is 0. The van der Waals surface area contributed by atoms with E-state index in [1.165, 1.54) is 12.8 Å². The normalized spacial score (nSPS) is 20.0. The van der Waals surface area contributed by atoms with Crippen LogP contribution in [0.2, 0.25) is 0 Å². The van der Waals surface area contributed by atoms with E-state index >= 15 is 0 Å². The summed E-state index contributed by atoms with van der Waals surface area (Å²) in [5.74, 6) is 0.674. The first-order chi connectivity index (χ1) is 2.93. The minimum absolute atomic E-state index is 0.597. The first-order valence-electron chi connectivity index (χ1n) is 2.05. The largest absolute Gasteiger partial charge is 0.213 e. The first-order valence-corrected chi connectivity index (χ1v) is 2.86. The van der Waals surface area contributed by atoms with Crippen molar-refractivity contribution in [1.29, 1.82) is 0 Å². The molecule has 6 heavy (non-hydrogen) atoms. The zero-order valence-corrected chi connectivity index (χ0v) is 4.20. The fourth-order valence-electron chi connectivity index (χ4n) is 0.311. The van der Waals surface area contributed by atoms with Gasteiger partial charge in [-0.1, -0.05) is 0 Å². The molecule has 1 saturated carbocycles. The molecule has 0 N–H and O–H groups in total. The van der Waals surface area contributed by atoms with Crippen molar-refractivity contribution in [1.82, 2.24) is 0 Å². The lowest BCUT2D eigenvalue weighted by Crippen LogP contribution is -1.68. The molecule has 1 aliphatic carbocycles. The maximum Gasteiger partial charge on any atom is 0.0843 e. The predicted octanol–water partition coefficient (Wildman–Crippen LogP) is 0.412. The van der Waals surface area contributed by atoms with Gasteiger partial charge in [0.15, 0.2) is 0 Å². The molecule has 0 atom stereocenters. The van der Waals surface area contributed by atoms with Crippen LogP contribution in [-0.4, -0.2) is 9.58 Å². The van der Waals surface area contributed by atoms with Crippen LogP contribution in [-0.2, 0) is 11.3 Å². The van der Waals surface area contributed by atoms with Gasteiger partial charge in [-0.2, -0.15) is 0 Å². The predicted molar refractivity (Wildman–Crippen MR) is 26.9 cm³/mol. The molecule has 0 aliphatic heterocycles. The lowest BCUT2D eigenvalue weighted by molar-refractivity contribution is 0.701. The molecule has 0 spiro atoms. The van der Waals surface area contributed by atoms with Gasteiger partial charge in [0.1, 0.15) is 0 Å². The molecule has 2 heteroatoms. The highest BCUT2D eigenvalue weighted by atomic mass is 32.1. The SMILES string of the molecule is O=S=CC1CC1. The molecular formula is C4H6OS. The fourth-order valence-corrected chi connectivity index (χ4v) is 0.740. The number of rotatable bonds is 1. The summed E-state index contributed by atoms with van der Waals surface area (Å²) in [6.45, 7) is 0. The Morgan fingerprint density at radius 3 is 2.50 bits per heavy atom. The van der Waals surface area contributed by atoms with Gasteiger partial charge in [-0.25, -0.2) is 4.21 Å². The summed E-state index contributed by atoms with van der Waals surface area (Å²) in [5.41, 5.74) is 0. The maximum atomic E-state index is 9.64. The van der Waals surface area contributed by atoms with E-state index < -0.39 is 0 Å². The van der Waals surface area contributed by atoms with Gasteiger partial charge >= 0.3 is 0 Å². The lowest BCUT2D eigenvalue weighted by atomic mass is 10.5. The molecule has 1 aliphatic rings. The molecular weight excluding hydrogens is 96.1 g/mol. The van der Waals surface area contributed by atoms with Crippen LogP contribution < -0.4 is 0 Å². The third-order valence-electron chi connectivity index (χ3n) is 0.870. The van der Waals surface area contributed by atoms with Gasteiger partial charge < -0.3 is 0 Å². The summed E-state index contributed by atoms with van der Waals surface area (Å²) >= 11 is 0.597. The minimum atomic E-state index is 0.597. The van der Waals surface area contributed by atoms with Crippen LogP contribution in [0.25, 0.3) is 0 Å². The maximum absolute atomic E-state index is 9.64. The first kappa shape index (κ1) is 4.06. The Morgan fingerprint density at radius 2 is 2.33 bits per heavy atom. The van der Waals surface area contributed by atoms with Crippen molar-refractivity contribution >= 4 is 16.6 Å². The van der Waals surface area contributed by atoms with E-state index in [0.717, 1.165) is 0 Å². The topological polar surface area (TPSA) is 17.1 Å². The van der Waals surface area contributed by atoms with Crippen molar-refractivity contribution in [3.8, 4) is 0 Å². The van der Waals surface area contributed by atoms with E-state index in [9.17, 15) is 4.21 Å². The highest BCUT2D eigenvalue weighted by Gasteiger charge is 2.17. The fraction of sp³-hybridized carbons (Fsp3) is 0.750. The van der Waals surface area contributed by atoms with E-state index in [2.05, 4.69) is 0 Å². The van der Waals surface area contributed by atoms with E-state index in [4.69, 9.17) is 0 Å². The Kier molecular flexibility index (Phi) is 1.05. The molecule has 1 rings (SSSR count). The highest BCUT2D eigenvalue weighted by molar-refractivity contribution is 7.64. The zero-order valence-electron chi connectivity index (χ0n) is 3.39. The second-order valence-electron chi connectivity index (χ2n) is 1.57. The highest BCUT2D eigenvalue weighted by Crippen LogP contribution is 2.25. The standard InChI is InChI=1S/C4H6OS/c5-6-3-4-1-2-4/h3-4H,1-2H2. The third-order valence-corrected chi connectivity index (χ3v) is 1.37. The van der Waals surface area contributed by atoms with Crippen molar-refractivity contribution in [2.75, 3.05) is 0 Å². The molecule has 0 unspecified atom stereocenters. The molecule has 0 amide bonds. The van der Waals surface area contributed by atoms with Gasteiger partial charge in [0, 0.05) is 5.37 Å². The Bertz CT molecular complexity index is 89.7. The lowest BCUT2D eigenvalue weighted by Gasteiger charge is -1.60. The van der Waals surface area contributed by atoms with Crippen molar-refractivity contribution in [2.24, 2.45) is 5.92 Å². The van der Waals surface area contributed by atoms with Gasteiger partial charge in [0.25, 0.3) is 0 Å². The Balaban J connectivity index is 2.33. The summed E-state index contributed by atoms with van der Waals surface area (Å²) in [6.07, 6.45) is 2.49. The van der Waals surface area contributed by atoms with Crippen molar-refractivity contribution in [3.63, 3.8) is 0 Å². The van der Waals surface area contributed by atoms with Gasteiger partial charge in [0.05, 0.1) is 11.3 Å². The summed E-state index contributed by atoms with van der Waals surface area (Å²) in [6, 6.07) is 0. The Labute approximate surface area is 40.4 Å². The molecule has 1 fully saturated rings. The monoisotopic (exact) mass is 102 g/mol. The van der Waals surface area contributed by atoms with Gasteiger partial charge in [-0.3, -0.25) is 0 Å². The van der Waals surface area contributed by atoms with Crippen LogP contribution in [0.15, 0.2) is 0 Å². The molecule has 0 bridgehead atoms. The summed E-state index contributed by atoms with van der Waals surface area (Å²) in [7, 11) is 0. The number of hydrogen-bond acceptors (Lipinski definition) is 1. The van der Waals surface area contributed by atoms with E-state index in [-0.39, 0.29) is 0 Å². The molecule has 0 aromatic rings. The average Bonchev–Trinajstić information content (AvgIpc) is 2.21. The smallest absolute Gasteiger partial charge is 0.0843 e. The van der Waals surface area contributed by atoms with Gasteiger partial charge in [-0.05, 0) is 18.8 Å². The second-order valence-corrected chi connectivity index (χ2v) is 2.03. The Morgan fingerprint density at radius 1 is 1.67 bits per heavy atom. The summed E-state index contributed by atoms with van der Waals surface area (Å²) < 4.78 is 9.64. The second kappa shape index (κ2) is 1.56. The van der Waals surface area contributed by atoms with E-state index in [0.29, 0.717) is 17.2 Å². The van der Waals surface area contributed by atoms with Crippen LogP contribution in [0.3, 0.4) is 0 Å². The molecule has 1 nitrogen and oxygen atoms in total. The van der Waals surface area contributed by atoms with Crippen LogP contribution in [0.4, 0.5) is 0 Å². The molecule has 0 aromatic carbocycles.